The van der Waals surface area contributed by atoms with Gasteiger partial charge in [0.05, 0.1) is 18.6 Å². The standard InChI is InChI=1S/C10H12N4O4S2/c1-14(4-9-11-6-12-13-9)20(16,17)7-3-8(19-5-7)10(15)18-2/h3,5-6H,4H2,1-2H3,(H,11,12,13). The highest BCUT2D eigenvalue weighted by atomic mass is 32.2. The number of hydrogen-bond acceptors (Lipinski definition) is 7. The number of sulfonamides is 1. The molecule has 0 saturated heterocycles. The highest BCUT2D eigenvalue weighted by molar-refractivity contribution is 7.89. The zero-order chi connectivity index (χ0) is 14.8. The summed E-state index contributed by atoms with van der Waals surface area (Å²) in [4.78, 5) is 15.5. The molecule has 0 spiro atoms. The fourth-order valence-electron chi connectivity index (χ4n) is 1.44. The van der Waals surface area contributed by atoms with Crippen LogP contribution in [0.4, 0.5) is 0 Å². The van der Waals surface area contributed by atoms with E-state index in [0.29, 0.717) is 5.82 Å². The number of aromatic amines is 1. The third-order valence-corrected chi connectivity index (χ3v) is 5.35. The predicted octanol–water partition coefficient (Wildman–Crippen LogP) is 0.473. The molecule has 0 aliphatic rings. The lowest BCUT2D eigenvalue weighted by atomic mass is 10.5. The minimum atomic E-state index is -3.69. The molecular formula is C10H12N4O4S2. The van der Waals surface area contributed by atoms with Crippen molar-refractivity contribution in [1.82, 2.24) is 19.5 Å². The summed E-state index contributed by atoms with van der Waals surface area (Å²) in [6.07, 6.45) is 1.30. The number of aromatic nitrogens is 3. The Labute approximate surface area is 119 Å². The maximum Gasteiger partial charge on any atom is 0.348 e. The number of nitrogens with zero attached hydrogens (tertiary/aromatic N) is 3. The summed E-state index contributed by atoms with van der Waals surface area (Å²) >= 11 is 1.02. The van der Waals surface area contributed by atoms with Crippen LogP contribution in [0, 0.1) is 0 Å². The van der Waals surface area contributed by atoms with Gasteiger partial charge in [-0.1, -0.05) is 0 Å². The molecule has 0 atom stereocenters. The molecule has 2 aromatic heterocycles. The average molecular weight is 316 g/mol. The molecule has 108 valence electrons. The largest absolute Gasteiger partial charge is 0.465 e. The number of thiophene rings is 1. The molecule has 0 radical (unpaired) electrons. The molecule has 0 fully saturated rings. The van der Waals surface area contributed by atoms with Crippen molar-refractivity contribution in [1.29, 1.82) is 0 Å². The third kappa shape index (κ3) is 2.86. The molecule has 0 amide bonds. The SMILES string of the molecule is COC(=O)c1cc(S(=O)(=O)N(C)Cc2ncn[nH]2)cs1. The van der Waals surface area contributed by atoms with E-state index in [1.54, 1.807) is 0 Å². The second kappa shape index (κ2) is 5.69. The van der Waals surface area contributed by atoms with Gasteiger partial charge in [0, 0.05) is 12.4 Å². The van der Waals surface area contributed by atoms with Crippen LogP contribution in [0.2, 0.25) is 0 Å². The molecule has 10 heteroatoms. The topological polar surface area (TPSA) is 105 Å². The monoisotopic (exact) mass is 316 g/mol. The summed E-state index contributed by atoms with van der Waals surface area (Å²) in [5, 5.41) is 7.64. The van der Waals surface area contributed by atoms with Gasteiger partial charge in [0.2, 0.25) is 10.0 Å². The summed E-state index contributed by atoms with van der Waals surface area (Å²) < 4.78 is 30.3. The van der Waals surface area contributed by atoms with E-state index < -0.39 is 16.0 Å². The van der Waals surface area contributed by atoms with Gasteiger partial charge in [-0.15, -0.1) is 11.3 Å². The van der Waals surface area contributed by atoms with Crippen molar-refractivity contribution in [2.75, 3.05) is 14.2 Å². The molecule has 8 nitrogen and oxygen atoms in total. The van der Waals surface area contributed by atoms with E-state index in [1.165, 1.54) is 31.9 Å². The molecule has 2 heterocycles. The van der Waals surface area contributed by atoms with Crippen molar-refractivity contribution < 1.29 is 17.9 Å². The fourth-order valence-corrected chi connectivity index (χ4v) is 3.75. The Hall–Kier alpha value is -1.78. The second-order valence-corrected chi connectivity index (χ2v) is 6.79. The van der Waals surface area contributed by atoms with Crippen molar-refractivity contribution in [2.24, 2.45) is 0 Å². The highest BCUT2D eigenvalue weighted by Gasteiger charge is 2.24. The summed E-state index contributed by atoms with van der Waals surface area (Å²) in [6.45, 7) is 0.0612. The zero-order valence-corrected chi connectivity index (χ0v) is 12.4. The lowest BCUT2D eigenvalue weighted by Crippen LogP contribution is -2.26. The first-order valence-electron chi connectivity index (χ1n) is 5.42. The number of carbonyl (C=O) groups excluding carboxylic acids is 1. The molecule has 0 aromatic carbocycles. The smallest absolute Gasteiger partial charge is 0.348 e. The summed E-state index contributed by atoms with van der Waals surface area (Å²) in [6, 6.07) is 1.29. The number of rotatable bonds is 5. The summed E-state index contributed by atoms with van der Waals surface area (Å²) in [5.41, 5.74) is 0. The van der Waals surface area contributed by atoms with E-state index in [1.807, 2.05) is 0 Å². The first-order chi connectivity index (χ1) is 9.45. The molecule has 1 N–H and O–H groups in total. The fraction of sp³-hybridized carbons (Fsp3) is 0.300. The van der Waals surface area contributed by atoms with Crippen LogP contribution in [0.25, 0.3) is 0 Å². The van der Waals surface area contributed by atoms with Crippen molar-refractivity contribution in [3.8, 4) is 0 Å². The van der Waals surface area contributed by atoms with E-state index in [2.05, 4.69) is 19.9 Å². The van der Waals surface area contributed by atoms with Crippen LogP contribution in [0.3, 0.4) is 0 Å². The third-order valence-electron chi connectivity index (χ3n) is 2.51. The number of nitrogens with one attached hydrogen (secondary N) is 1. The lowest BCUT2D eigenvalue weighted by Gasteiger charge is -2.14. The predicted molar refractivity (Wildman–Crippen MR) is 70.7 cm³/mol. The molecule has 0 bridgehead atoms. The quantitative estimate of drug-likeness (QED) is 0.804. The molecule has 0 saturated carbocycles. The Kier molecular flexibility index (Phi) is 4.16. The number of H-pyrrole nitrogens is 1. The molecule has 20 heavy (non-hydrogen) atoms. The van der Waals surface area contributed by atoms with Gasteiger partial charge in [0.15, 0.2) is 0 Å². The number of carbonyl (C=O) groups is 1. The molecular weight excluding hydrogens is 304 g/mol. The molecule has 0 unspecified atom stereocenters. The Morgan fingerprint density at radius 2 is 2.30 bits per heavy atom. The number of methoxy groups -OCH3 is 1. The van der Waals surface area contributed by atoms with Crippen LogP contribution in [-0.2, 0) is 21.3 Å². The Morgan fingerprint density at radius 3 is 2.90 bits per heavy atom. The summed E-state index contributed by atoms with van der Waals surface area (Å²) in [7, 11) is -1.02. The van der Waals surface area contributed by atoms with E-state index in [-0.39, 0.29) is 16.3 Å². The minimum Gasteiger partial charge on any atom is -0.465 e. The zero-order valence-electron chi connectivity index (χ0n) is 10.7. The van der Waals surface area contributed by atoms with E-state index >= 15 is 0 Å². The van der Waals surface area contributed by atoms with Crippen LogP contribution in [0.15, 0.2) is 22.7 Å². The minimum absolute atomic E-state index is 0.0462. The summed E-state index contributed by atoms with van der Waals surface area (Å²) in [5.74, 6) is -0.131. The Bertz CT molecular complexity index is 693. The van der Waals surface area contributed by atoms with Gasteiger partial charge in [-0.3, -0.25) is 5.10 Å². The van der Waals surface area contributed by atoms with Gasteiger partial charge in [-0.05, 0) is 6.07 Å². The molecule has 2 rings (SSSR count). The maximum atomic E-state index is 12.3. The molecule has 0 aliphatic carbocycles. The van der Waals surface area contributed by atoms with Gasteiger partial charge < -0.3 is 4.74 Å². The number of hydrogen-bond donors (Lipinski definition) is 1. The molecule has 2 aromatic rings. The van der Waals surface area contributed by atoms with Crippen LogP contribution >= 0.6 is 11.3 Å². The number of ether oxygens (including phenoxy) is 1. The van der Waals surface area contributed by atoms with E-state index in [9.17, 15) is 13.2 Å². The highest BCUT2D eigenvalue weighted by Crippen LogP contribution is 2.23. The Balaban J connectivity index is 2.21. The van der Waals surface area contributed by atoms with Gasteiger partial charge in [0.25, 0.3) is 0 Å². The number of esters is 1. The van der Waals surface area contributed by atoms with Crippen molar-refractivity contribution in [2.45, 2.75) is 11.4 Å². The van der Waals surface area contributed by atoms with Gasteiger partial charge in [-0.2, -0.15) is 9.40 Å². The van der Waals surface area contributed by atoms with Crippen LogP contribution < -0.4 is 0 Å². The van der Waals surface area contributed by atoms with Crippen molar-refractivity contribution >= 4 is 27.3 Å². The van der Waals surface area contributed by atoms with Crippen molar-refractivity contribution in [3.05, 3.63) is 28.5 Å². The van der Waals surface area contributed by atoms with E-state index in [0.717, 1.165) is 15.6 Å². The second-order valence-electron chi connectivity index (χ2n) is 3.83. The van der Waals surface area contributed by atoms with E-state index in [4.69, 9.17) is 0 Å². The first-order valence-corrected chi connectivity index (χ1v) is 7.74. The average Bonchev–Trinajstić information content (AvgIpc) is 3.08. The first kappa shape index (κ1) is 14.6. The van der Waals surface area contributed by atoms with Gasteiger partial charge in [-0.25, -0.2) is 18.2 Å². The Morgan fingerprint density at radius 1 is 1.55 bits per heavy atom. The normalized spacial score (nSPS) is 11.8. The van der Waals surface area contributed by atoms with Gasteiger partial charge >= 0.3 is 5.97 Å². The lowest BCUT2D eigenvalue weighted by molar-refractivity contribution is 0.0606. The van der Waals surface area contributed by atoms with Gasteiger partial charge in [0.1, 0.15) is 17.0 Å². The van der Waals surface area contributed by atoms with Crippen molar-refractivity contribution in [3.63, 3.8) is 0 Å². The molecule has 0 aliphatic heterocycles. The van der Waals surface area contributed by atoms with Crippen LogP contribution in [0.5, 0.6) is 0 Å². The maximum absolute atomic E-state index is 12.3. The van der Waals surface area contributed by atoms with Crippen LogP contribution in [0.1, 0.15) is 15.5 Å². The van der Waals surface area contributed by atoms with Crippen LogP contribution in [-0.4, -0.2) is 48.0 Å².